The minimum absolute atomic E-state index is 0.457. The lowest BCUT2D eigenvalue weighted by Gasteiger charge is -2.08. The summed E-state index contributed by atoms with van der Waals surface area (Å²) in [5.41, 5.74) is 0.940. The Morgan fingerprint density at radius 3 is 2.47 bits per heavy atom. The molecule has 0 radical (unpaired) electrons. The van der Waals surface area contributed by atoms with Crippen molar-refractivity contribution in [1.29, 1.82) is 0 Å². The molecule has 0 aliphatic heterocycles. The fourth-order valence-corrected chi connectivity index (χ4v) is 1.23. The monoisotopic (exact) mass is 237 g/mol. The standard InChI is InChI=1S/C13H23N3O/c1-10(2)7-8-17-13-6-5-12(15-16-13)9-14-11(3)4/h5-6,10-11,14H,7-9H2,1-4H3. The number of ether oxygens (including phenoxy) is 1. The molecule has 17 heavy (non-hydrogen) atoms. The van der Waals surface area contributed by atoms with E-state index in [1.807, 2.05) is 12.1 Å². The fourth-order valence-electron chi connectivity index (χ4n) is 1.23. The minimum atomic E-state index is 0.457. The smallest absolute Gasteiger partial charge is 0.233 e. The number of nitrogens with one attached hydrogen (secondary N) is 1. The van der Waals surface area contributed by atoms with E-state index < -0.39 is 0 Å². The Labute approximate surface area is 104 Å². The number of hydrogen-bond acceptors (Lipinski definition) is 4. The highest BCUT2D eigenvalue weighted by atomic mass is 16.5. The van der Waals surface area contributed by atoms with E-state index in [-0.39, 0.29) is 0 Å². The van der Waals surface area contributed by atoms with Gasteiger partial charge in [-0.1, -0.05) is 27.7 Å². The first kappa shape index (κ1) is 13.9. The highest BCUT2D eigenvalue weighted by Crippen LogP contribution is 2.07. The summed E-state index contributed by atoms with van der Waals surface area (Å²) >= 11 is 0. The Hall–Kier alpha value is -1.16. The third-order valence-electron chi connectivity index (χ3n) is 2.33. The van der Waals surface area contributed by atoms with Crippen molar-refractivity contribution in [2.45, 2.75) is 46.7 Å². The van der Waals surface area contributed by atoms with Crippen molar-refractivity contribution in [2.24, 2.45) is 5.92 Å². The summed E-state index contributed by atoms with van der Waals surface area (Å²) in [7, 11) is 0. The van der Waals surface area contributed by atoms with Crippen molar-refractivity contribution in [3.8, 4) is 5.88 Å². The van der Waals surface area contributed by atoms with E-state index in [2.05, 4.69) is 43.2 Å². The lowest BCUT2D eigenvalue weighted by atomic mass is 10.1. The molecule has 4 heteroatoms. The van der Waals surface area contributed by atoms with Crippen LogP contribution in [0.4, 0.5) is 0 Å². The molecule has 1 N–H and O–H groups in total. The molecule has 0 atom stereocenters. The molecule has 0 aliphatic carbocycles. The zero-order valence-corrected chi connectivity index (χ0v) is 11.2. The SMILES string of the molecule is CC(C)CCOc1ccc(CNC(C)C)nn1. The molecule has 4 nitrogen and oxygen atoms in total. The largest absolute Gasteiger partial charge is 0.477 e. The molecular formula is C13H23N3O. The Kier molecular flexibility index (Phi) is 5.91. The van der Waals surface area contributed by atoms with Gasteiger partial charge in [0.1, 0.15) is 0 Å². The van der Waals surface area contributed by atoms with Crippen molar-refractivity contribution in [3.63, 3.8) is 0 Å². The van der Waals surface area contributed by atoms with Gasteiger partial charge in [-0.25, -0.2) is 0 Å². The third kappa shape index (κ3) is 6.22. The average Bonchev–Trinajstić information content (AvgIpc) is 2.27. The van der Waals surface area contributed by atoms with Crippen LogP contribution in [0.1, 0.15) is 39.8 Å². The lowest BCUT2D eigenvalue weighted by Crippen LogP contribution is -2.22. The van der Waals surface area contributed by atoms with Crippen LogP contribution in [0.5, 0.6) is 5.88 Å². The summed E-state index contributed by atoms with van der Waals surface area (Å²) in [4.78, 5) is 0. The highest BCUT2D eigenvalue weighted by molar-refractivity contribution is 5.11. The Morgan fingerprint density at radius 2 is 1.94 bits per heavy atom. The van der Waals surface area contributed by atoms with Gasteiger partial charge in [-0.2, -0.15) is 5.10 Å². The van der Waals surface area contributed by atoms with Gasteiger partial charge in [0.25, 0.3) is 0 Å². The van der Waals surface area contributed by atoms with Crippen LogP contribution in [0.3, 0.4) is 0 Å². The molecule has 0 amide bonds. The van der Waals surface area contributed by atoms with E-state index in [0.717, 1.165) is 18.7 Å². The second kappa shape index (κ2) is 7.22. The van der Waals surface area contributed by atoms with Gasteiger partial charge in [0.2, 0.25) is 5.88 Å². The van der Waals surface area contributed by atoms with Gasteiger partial charge in [0, 0.05) is 18.7 Å². The van der Waals surface area contributed by atoms with E-state index in [1.165, 1.54) is 0 Å². The maximum Gasteiger partial charge on any atom is 0.233 e. The molecule has 0 aromatic carbocycles. The van der Waals surface area contributed by atoms with Crippen molar-refractivity contribution >= 4 is 0 Å². The molecule has 0 saturated heterocycles. The van der Waals surface area contributed by atoms with Crippen LogP contribution in [-0.2, 0) is 6.54 Å². The van der Waals surface area contributed by atoms with Crippen LogP contribution < -0.4 is 10.1 Å². The van der Waals surface area contributed by atoms with Crippen LogP contribution >= 0.6 is 0 Å². The highest BCUT2D eigenvalue weighted by Gasteiger charge is 2.01. The molecule has 0 saturated carbocycles. The quantitative estimate of drug-likeness (QED) is 0.791. The predicted molar refractivity (Wildman–Crippen MR) is 69.0 cm³/mol. The van der Waals surface area contributed by atoms with Crippen molar-refractivity contribution in [3.05, 3.63) is 17.8 Å². The maximum absolute atomic E-state index is 5.50. The normalized spacial score (nSPS) is 11.2. The third-order valence-corrected chi connectivity index (χ3v) is 2.33. The molecule has 0 bridgehead atoms. The Balaban J connectivity index is 2.34. The van der Waals surface area contributed by atoms with Gasteiger partial charge in [-0.3, -0.25) is 0 Å². The first-order chi connectivity index (χ1) is 8.08. The molecule has 0 fully saturated rings. The van der Waals surface area contributed by atoms with Crippen molar-refractivity contribution < 1.29 is 4.74 Å². The van der Waals surface area contributed by atoms with Crippen LogP contribution in [0.2, 0.25) is 0 Å². The molecule has 0 aliphatic rings. The predicted octanol–water partition coefficient (Wildman–Crippen LogP) is 2.40. The minimum Gasteiger partial charge on any atom is -0.477 e. The molecule has 1 rings (SSSR count). The van der Waals surface area contributed by atoms with Gasteiger partial charge in [-0.05, 0) is 18.4 Å². The molecule has 1 aromatic rings. The van der Waals surface area contributed by atoms with Crippen molar-refractivity contribution in [2.75, 3.05) is 6.61 Å². The molecule has 1 aromatic heterocycles. The fraction of sp³-hybridized carbons (Fsp3) is 0.692. The number of nitrogens with zero attached hydrogens (tertiary/aromatic N) is 2. The lowest BCUT2D eigenvalue weighted by molar-refractivity contribution is 0.276. The summed E-state index contributed by atoms with van der Waals surface area (Å²) in [5.74, 6) is 1.26. The molecular weight excluding hydrogens is 214 g/mol. The van der Waals surface area contributed by atoms with Gasteiger partial charge in [0.15, 0.2) is 0 Å². The van der Waals surface area contributed by atoms with Crippen LogP contribution in [-0.4, -0.2) is 22.8 Å². The van der Waals surface area contributed by atoms with Crippen LogP contribution in [0.25, 0.3) is 0 Å². The van der Waals surface area contributed by atoms with Crippen LogP contribution in [0, 0.1) is 5.92 Å². The zero-order chi connectivity index (χ0) is 12.7. The van der Waals surface area contributed by atoms with E-state index >= 15 is 0 Å². The molecule has 1 heterocycles. The summed E-state index contributed by atoms with van der Waals surface area (Å²) < 4.78 is 5.50. The number of rotatable bonds is 7. The van der Waals surface area contributed by atoms with Gasteiger partial charge in [-0.15, -0.1) is 5.10 Å². The Morgan fingerprint density at radius 1 is 1.18 bits per heavy atom. The first-order valence-corrected chi connectivity index (χ1v) is 6.26. The molecule has 0 spiro atoms. The zero-order valence-electron chi connectivity index (χ0n) is 11.2. The first-order valence-electron chi connectivity index (χ1n) is 6.26. The maximum atomic E-state index is 5.50. The van der Waals surface area contributed by atoms with Gasteiger partial charge >= 0.3 is 0 Å². The summed E-state index contributed by atoms with van der Waals surface area (Å²) in [6, 6.07) is 4.29. The van der Waals surface area contributed by atoms with E-state index in [1.54, 1.807) is 0 Å². The Bertz CT molecular complexity index is 309. The van der Waals surface area contributed by atoms with E-state index in [4.69, 9.17) is 4.74 Å². The van der Waals surface area contributed by atoms with Crippen molar-refractivity contribution in [1.82, 2.24) is 15.5 Å². The summed E-state index contributed by atoms with van der Waals surface area (Å²) in [6.45, 7) is 10.0. The number of hydrogen-bond donors (Lipinski definition) is 1. The summed E-state index contributed by atoms with van der Waals surface area (Å²) in [6.07, 6.45) is 1.04. The van der Waals surface area contributed by atoms with E-state index in [0.29, 0.717) is 24.4 Å². The van der Waals surface area contributed by atoms with Crippen LogP contribution in [0.15, 0.2) is 12.1 Å². The second-order valence-corrected chi connectivity index (χ2v) is 4.93. The topological polar surface area (TPSA) is 47.0 Å². The molecule has 96 valence electrons. The van der Waals surface area contributed by atoms with E-state index in [9.17, 15) is 0 Å². The molecule has 0 unspecified atom stereocenters. The average molecular weight is 237 g/mol. The van der Waals surface area contributed by atoms with Gasteiger partial charge < -0.3 is 10.1 Å². The second-order valence-electron chi connectivity index (χ2n) is 4.93. The number of aromatic nitrogens is 2. The summed E-state index contributed by atoms with van der Waals surface area (Å²) in [5, 5.41) is 11.4. The van der Waals surface area contributed by atoms with Gasteiger partial charge in [0.05, 0.1) is 12.3 Å².